The van der Waals surface area contributed by atoms with Crippen molar-refractivity contribution in [3.8, 4) is 0 Å². The first kappa shape index (κ1) is 12.5. The number of likely N-dealkylation sites (tertiary alicyclic amines) is 1. The maximum atomic E-state index is 5.93. The molecule has 1 aliphatic heterocycles. The first-order valence-corrected chi connectivity index (χ1v) is 5.29. The summed E-state index contributed by atoms with van der Waals surface area (Å²) in [6, 6.07) is 11.6. The predicted molar refractivity (Wildman–Crippen MR) is 66.2 cm³/mol. The summed E-state index contributed by atoms with van der Waals surface area (Å²) in [5, 5.41) is 0. The van der Waals surface area contributed by atoms with E-state index >= 15 is 0 Å². The average molecular weight is 227 g/mol. The fraction of sp³-hybridized carbons (Fsp3) is 0.500. The Morgan fingerprint density at radius 2 is 2.00 bits per heavy atom. The molecule has 2 N–H and O–H groups in total. The molecule has 1 fully saturated rings. The Bertz CT molecular complexity index is 289. The minimum Gasteiger partial charge on any atom is -0.326 e. The summed E-state index contributed by atoms with van der Waals surface area (Å²) in [6.45, 7) is 4.33. The van der Waals surface area contributed by atoms with E-state index < -0.39 is 0 Å². The number of benzene rings is 1. The maximum Gasteiger partial charge on any atom is 0.0237 e. The molecule has 0 spiro atoms. The molecular weight excluding hydrogens is 208 g/mol. The van der Waals surface area contributed by atoms with Crippen molar-refractivity contribution >= 4 is 12.4 Å². The lowest BCUT2D eigenvalue weighted by Gasteiger charge is -2.20. The van der Waals surface area contributed by atoms with Gasteiger partial charge in [-0.3, -0.25) is 4.90 Å². The van der Waals surface area contributed by atoms with Crippen LogP contribution in [0.25, 0.3) is 0 Å². The quantitative estimate of drug-likeness (QED) is 0.836. The lowest BCUT2D eigenvalue weighted by molar-refractivity contribution is 0.259. The Morgan fingerprint density at radius 1 is 1.33 bits per heavy atom. The van der Waals surface area contributed by atoms with Crippen LogP contribution in [0.3, 0.4) is 0 Å². The van der Waals surface area contributed by atoms with Crippen LogP contribution in [0.1, 0.15) is 18.9 Å². The molecule has 0 radical (unpaired) electrons. The second-order valence-electron chi connectivity index (χ2n) is 4.26. The zero-order chi connectivity index (χ0) is 9.97. The molecule has 2 rings (SSSR count). The van der Waals surface area contributed by atoms with E-state index in [9.17, 15) is 0 Å². The molecule has 1 heterocycles. The summed E-state index contributed by atoms with van der Waals surface area (Å²) >= 11 is 0. The van der Waals surface area contributed by atoms with Gasteiger partial charge in [-0.05, 0) is 18.9 Å². The molecule has 3 heteroatoms. The highest BCUT2D eigenvalue weighted by molar-refractivity contribution is 5.85. The highest BCUT2D eigenvalue weighted by Crippen LogP contribution is 2.18. The molecule has 0 unspecified atom stereocenters. The van der Waals surface area contributed by atoms with E-state index in [2.05, 4.69) is 42.2 Å². The minimum atomic E-state index is 0. The van der Waals surface area contributed by atoms with E-state index in [1.807, 2.05) is 0 Å². The summed E-state index contributed by atoms with van der Waals surface area (Å²) in [7, 11) is 0. The SMILES string of the molecule is C[C@H]1C[C@H](N)CN1Cc1ccccc1.Cl. The van der Waals surface area contributed by atoms with Crippen molar-refractivity contribution in [2.45, 2.75) is 32.0 Å². The zero-order valence-corrected chi connectivity index (χ0v) is 9.91. The van der Waals surface area contributed by atoms with Crippen LogP contribution in [-0.2, 0) is 6.54 Å². The molecule has 2 atom stereocenters. The van der Waals surface area contributed by atoms with Gasteiger partial charge in [0, 0.05) is 25.2 Å². The van der Waals surface area contributed by atoms with Crippen molar-refractivity contribution in [2.24, 2.45) is 5.73 Å². The van der Waals surface area contributed by atoms with Crippen LogP contribution >= 0.6 is 12.4 Å². The Kier molecular flexibility index (Phi) is 4.58. The second kappa shape index (κ2) is 5.50. The van der Waals surface area contributed by atoms with Gasteiger partial charge in [0.1, 0.15) is 0 Å². The largest absolute Gasteiger partial charge is 0.326 e. The van der Waals surface area contributed by atoms with E-state index in [4.69, 9.17) is 5.73 Å². The number of rotatable bonds is 2. The highest BCUT2D eigenvalue weighted by atomic mass is 35.5. The summed E-state index contributed by atoms with van der Waals surface area (Å²) in [6.07, 6.45) is 1.13. The molecule has 2 nitrogen and oxygen atoms in total. The molecule has 0 saturated carbocycles. The van der Waals surface area contributed by atoms with Crippen LogP contribution in [0.5, 0.6) is 0 Å². The molecule has 0 amide bonds. The molecule has 1 aliphatic rings. The van der Waals surface area contributed by atoms with Gasteiger partial charge in [0.15, 0.2) is 0 Å². The lowest BCUT2D eigenvalue weighted by atomic mass is 10.2. The van der Waals surface area contributed by atoms with Crippen molar-refractivity contribution in [3.63, 3.8) is 0 Å². The first-order chi connectivity index (χ1) is 6.75. The number of nitrogens with two attached hydrogens (primary N) is 1. The van der Waals surface area contributed by atoms with E-state index in [1.165, 1.54) is 5.56 Å². The molecule has 0 aliphatic carbocycles. The Morgan fingerprint density at radius 3 is 2.53 bits per heavy atom. The summed E-state index contributed by atoms with van der Waals surface area (Å²) in [5.74, 6) is 0. The van der Waals surface area contributed by atoms with Crippen molar-refractivity contribution in [1.82, 2.24) is 4.90 Å². The minimum absolute atomic E-state index is 0. The molecule has 1 aromatic carbocycles. The molecule has 0 bridgehead atoms. The third-order valence-electron chi connectivity index (χ3n) is 2.96. The van der Waals surface area contributed by atoms with Crippen LogP contribution in [0.15, 0.2) is 30.3 Å². The van der Waals surface area contributed by atoms with Gasteiger partial charge in [0.05, 0.1) is 0 Å². The summed E-state index contributed by atoms with van der Waals surface area (Å²) < 4.78 is 0. The van der Waals surface area contributed by atoms with E-state index in [-0.39, 0.29) is 12.4 Å². The van der Waals surface area contributed by atoms with Crippen molar-refractivity contribution < 1.29 is 0 Å². The van der Waals surface area contributed by atoms with Crippen molar-refractivity contribution in [2.75, 3.05) is 6.54 Å². The summed E-state index contributed by atoms with van der Waals surface area (Å²) in [5.41, 5.74) is 7.31. The van der Waals surface area contributed by atoms with Crippen LogP contribution in [0, 0.1) is 0 Å². The fourth-order valence-corrected chi connectivity index (χ4v) is 2.18. The maximum absolute atomic E-state index is 5.93. The number of halogens is 1. The standard InChI is InChI=1S/C12H18N2.ClH/c1-10-7-12(13)9-14(10)8-11-5-3-2-4-6-11;/h2-6,10,12H,7-9,13H2,1H3;1H/t10-,12-;/m0./s1. The number of hydrogen-bond acceptors (Lipinski definition) is 2. The van der Waals surface area contributed by atoms with Gasteiger partial charge >= 0.3 is 0 Å². The van der Waals surface area contributed by atoms with Crippen LogP contribution < -0.4 is 5.73 Å². The summed E-state index contributed by atoms with van der Waals surface area (Å²) in [4.78, 5) is 2.46. The van der Waals surface area contributed by atoms with Crippen molar-refractivity contribution in [1.29, 1.82) is 0 Å². The molecule has 1 saturated heterocycles. The monoisotopic (exact) mass is 226 g/mol. The van der Waals surface area contributed by atoms with E-state index in [0.717, 1.165) is 19.5 Å². The molecular formula is C12H19ClN2. The van der Waals surface area contributed by atoms with Gasteiger partial charge in [-0.25, -0.2) is 0 Å². The zero-order valence-electron chi connectivity index (χ0n) is 9.10. The second-order valence-corrected chi connectivity index (χ2v) is 4.26. The van der Waals surface area contributed by atoms with Gasteiger partial charge < -0.3 is 5.73 Å². The van der Waals surface area contributed by atoms with Crippen molar-refractivity contribution in [3.05, 3.63) is 35.9 Å². The van der Waals surface area contributed by atoms with Crippen LogP contribution in [0.2, 0.25) is 0 Å². The van der Waals surface area contributed by atoms with Gasteiger partial charge in [0.2, 0.25) is 0 Å². The number of hydrogen-bond donors (Lipinski definition) is 1. The molecule has 15 heavy (non-hydrogen) atoms. The normalized spacial score (nSPS) is 26.3. The first-order valence-electron chi connectivity index (χ1n) is 5.29. The fourth-order valence-electron chi connectivity index (χ4n) is 2.18. The van der Waals surface area contributed by atoms with E-state index in [0.29, 0.717) is 12.1 Å². The Hall–Kier alpha value is -0.570. The van der Waals surface area contributed by atoms with Crippen LogP contribution in [0.4, 0.5) is 0 Å². The van der Waals surface area contributed by atoms with Gasteiger partial charge in [-0.15, -0.1) is 12.4 Å². The van der Waals surface area contributed by atoms with Gasteiger partial charge in [0.25, 0.3) is 0 Å². The number of nitrogens with zero attached hydrogens (tertiary/aromatic N) is 1. The molecule has 1 aromatic rings. The van der Waals surface area contributed by atoms with Gasteiger partial charge in [-0.2, -0.15) is 0 Å². The van der Waals surface area contributed by atoms with Gasteiger partial charge in [-0.1, -0.05) is 30.3 Å². The molecule has 0 aromatic heterocycles. The smallest absolute Gasteiger partial charge is 0.0237 e. The van der Waals surface area contributed by atoms with E-state index in [1.54, 1.807) is 0 Å². The Labute approximate surface area is 97.9 Å². The topological polar surface area (TPSA) is 29.3 Å². The lowest BCUT2D eigenvalue weighted by Crippen LogP contribution is -2.28. The van der Waals surface area contributed by atoms with Crippen LogP contribution in [-0.4, -0.2) is 23.5 Å². The predicted octanol–water partition coefficient (Wildman–Crippen LogP) is 2.03. The molecule has 84 valence electrons. The third kappa shape index (κ3) is 3.20. The third-order valence-corrected chi connectivity index (χ3v) is 2.96. The average Bonchev–Trinajstić information content (AvgIpc) is 2.47. The highest BCUT2D eigenvalue weighted by Gasteiger charge is 2.25. The Balaban J connectivity index is 0.00000112.